The summed E-state index contributed by atoms with van der Waals surface area (Å²) in [5.74, 6) is -0.425. The molecule has 158 valence electrons. The lowest BCUT2D eigenvalue weighted by Crippen LogP contribution is -2.39. The molecule has 2 atom stereocenters. The Morgan fingerprint density at radius 2 is 1.93 bits per heavy atom. The molecule has 2 unspecified atom stereocenters. The highest BCUT2D eigenvalue weighted by Crippen LogP contribution is 2.25. The minimum atomic E-state index is -0.807. The SMILES string of the molecule is CCNC(=NCC1CCN(c2ccc(F)c(F)c2)C1)NC(C)c1ccccc1.I. The molecular weight excluding hydrogens is 485 g/mol. The van der Waals surface area contributed by atoms with Crippen LogP contribution in [0.25, 0.3) is 0 Å². The third kappa shape index (κ3) is 6.55. The molecule has 2 aromatic rings. The van der Waals surface area contributed by atoms with Gasteiger partial charge in [0.25, 0.3) is 0 Å². The van der Waals surface area contributed by atoms with E-state index in [1.54, 1.807) is 6.07 Å². The van der Waals surface area contributed by atoms with Gasteiger partial charge in [0.05, 0.1) is 6.04 Å². The molecule has 0 aliphatic carbocycles. The molecule has 0 saturated carbocycles. The van der Waals surface area contributed by atoms with Crippen molar-refractivity contribution in [2.75, 3.05) is 31.1 Å². The first-order valence-electron chi connectivity index (χ1n) is 9.86. The fourth-order valence-electron chi connectivity index (χ4n) is 3.47. The molecule has 1 fully saturated rings. The van der Waals surface area contributed by atoms with E-state index in [1.165, 1.54) is 17.7 Å². The average Bonchev–Trinajstić information content (AvgIpc) is 3.18. The molecule has 2 aromatic carbocycles. The van der Waals surface area contributed by atoms with Crippen LogP contribution in [0.4, 0.5) is 14.5 Å². The normalized spacial score (nSPS) is 17.6. The average molecular weight is 514 g/mol. The first kappa shape index (κ1) is 23.4. The quantitative estimate of drug-likeness (QED) is 0.333. The third-order valence-corrected chi connectivity index (χ3v) is 5.06. The summed E-state index contributed by atoms with van der Waals surface area (Å²) in [5, 5.41) is 6.75. The summed E-state index contributed by atoms with van der Waals surface area (Å²) in [6.07, 6.45) is 0.982. The van der Waals surface area contributed by atoms with Crippen molar-refractivity contribution in [3.05, 3.63) is 65.7 Å². The molecule has 2 N–H and O–H groups in total. The van der Waals surface area contributed by atoms with E-state index in [9.17, 15) is 8.78 Å². The van der Waals surface area contributed by atoms with Gasteiger partial charge in [-0.1, -0.05) is 30.3 Å². The number of hydrogen-bond acceptors (Lipinski definition) is 2. The van der Waals surface area contributed by atoms with Gasteiger partial charge < -0.3 is 15.5 Å². The Morgan fingerprint density at radius 1 is 1.17 bits per heavy atom. The molecule has 7 heteroatoms. The van der Waals surface area contributed by atoms with E-state index in [2.05, 4.69) is 34.6 Å². The van der Waals surface area contributed by atoms with Crippen molar-refractivity contribution in [3.63, 3.8) is 0 Å². The summed E-state index contributed by atoms with van der Waals surface area (Å²) in [6.45, 7) is 7.27. The van der Waals surface area contributed by atoms with Gasteiger partial charge in [-0.2, -0.15) is 0 Å². The maximum absolute atomic E-state index is 13.5. The topological polar surface area (TPSA) is 39.7 Å². The van der Waals surface area contributed by atoms with Crippen LogP contribution >= 0.6 is 24.0 Å². The number of hydrogen-bond donors (Lipinski definition) is 2. The Balaban J connectivity index is 0.00000300. The van der Waals surface area contributed by atoms with E-state index in [0.717, 1.165) is 37.7 Å². The monoisotopic (exact) mass is 514 g/mol. The van der Waals surface area contributed by atoms with Gasteiger partial charge in [-0.3, -0.25) is 4.99 Å². The van der Waals surface area contributed by atoms with Crippen LogP contribution in [0.15, 0.2) is 53.5 Å². The van der Waals surface area contributed by atoms with E-state index in [4.69, 9.17) is 4.99 Å². The van der Waals surface area contributed by atoms with Crippen LogP contribution < -0.4 is 15.5 Å². The van der Waals surface area contributed by atoms with E-state index < -0.39 is 11.6 Å². The Hall–Kier alpha value is -1.90. The number of nitrogens with one attached hydrogen (secondary N) is 2. The van der Waals surface area contributed by atoms with Crippen molar-refractivity contribution < 1.29 is 8.78 Å². The lowest BCUT2D eigenvalue weighted by molar-refractivity contribution is 0.508. The number of benzene rings is 2. The summed E-state index contributed by atoms with van der Waals surface area (Å²) in [6, 6.07) is 14.5. The van der Waals surface area contributed by atoms with Gasteiger partial charge >= 0.3 is 0 Å². The number of guanidine groups is 1. The Kier molecular flexibility index (Phi) is 9.13. The molecule has 1 heterocycles. The number of aliphatic imine (C=N–C) groups is 1. The van der Waals surface area contributed by atoms with Gasteiger partial charge in [0.2, 0.25) is 0 Å². The highest BCUT2D eigenvalue weighted by atomic mass is 127. The molecule has 1 aliphatic rings. The second kappa shape index (κ2) is 11.3. The lowest BCUT2D eigenvalue weighted by Gasteiger charge is -2.20. The Bertz CT molecular complexity index is 801. The highest BCUT2D eigenvalue weighted by molar-refractivity contribution is 14.0. The van der Waals surface area contributed by atoms with Crippen molar-refractivity contribution in [2.24, 2.45) is 10.9 Å². The second-order valence-electron chi connectivity index (χ2n) is 7.20. The van der Waals surface area contributed by atoms with E-state index in [0.29, 0.717) is 12.5 Å². The van der Waals surface area contributed by atoms with E-state index in [-0.39, 0.29) is 30.0 Å². The molecular formula is C22H29F2IN4. The second-order valence-corrected chi connectivity index (χ2v) is 7.20. The van der Waals surface area contributed by atoms with Crippen LogP contribution in [-0.4, -0.2) is 32.1 Å². The van der Waals surface area contributed by atoms with Crippen molar-refractivity contribution >= 4 is 35.6 Å². The van der Waals surface area contributed by atoms with Crippen molar-refractivity contribution in [1.82, 2.24) is 10.6 Å². The van der Waals surface area contributed by atoms with Crippen molar-refractivity contribution in [3.8, 4) is 0 Å². The molecule has 0 spiro atoms. The number of anilines is 1. The summed E-state index contributed by atoms with van der Waals surface area (Å²) < 4.78 is 26.6. The van der Waals surface area contributed by atoms with Gasteiger partial charge in [0.15, 0.2) is 17.6 Å². The van der Waals surface area contributed by atoms with Gasteiger partial charge in [-0.25, -0.2) is 8.78 Å². The zero-order chi connectivity index (χ0) is 19.9. The summed E-state index contributed by atoms with van der Waals surface area (Å²) >= 11 is 0. The van der Waals surface area contributed by atoms with Gasteiger partial charge in [-0.05, 0) is 43.9 Å². The molecule has 0 radical (unpaired) electrons. The number of halogens is 3. The minimum Gasteiger partial charge on any atom is -0.371 e. The fraction of sp³-hybridized carbons (Fsp3) is 0.409. The largest absolute Gasteiger partial charge is 0.371 e. The first-order valence-corrected chi connectivity index (χ1v) is 9.86. The Labute approximate surface area is 188 Å². The van der Waals surface area contributed by atoms with E-state index >= 15 is 0 Å². The summed E-state index contributed by atoms with van der Waals surface area (Å²) in [4.78, 5) is 6.85. The lowest BCUT2D eigenvalue weighted by atomic mass is 10.1. The highest BCUT2D eigenvalue weighted by Gasteiger charge is 2.23. The maximum atomic E-state index is 13.5. The standard InChI is InChI=1S/C22H28F2N4.HI/c1-3-25-22(27-16(2)18-7-5-4-6-8-18)26-14-17-11-12-28(15-17)19-9-10-20(23)21(24)13-19;/h4-10,13,16-17H,3,11-12,14-15H2,1-2H3,(H2,25,26,27);1H. The molecule has 4 nitrogen and oxygen atoms in total. The number of nitrogens with zero attached hydrogens (tertiary/aromatic N) is 2. The Morgan fingerprint density at radius 3 is 2.62 bits per heavy atom. The van der Waals surface area contributed by atoms with Gasteiger partial charge in [0.1, 0.15) is 0 Å². The molecule has 29 heavy (non-hydrogen) atoms. The summed E-state index contributed by atoms with van der Waals surface area (Å²) in [7, 11) is 0. The van der Waals surface area contributed by atoms with Crippen LogP contribution in [-0.2, 0) is 0 Å². The van der Waals surface area contributed by atoms with Gasteiger partial charge in [-0.15, -0.1) is 24.0 Å². The predicted molar refractivity (Wildman–Crippen MR) is 126 cm³/mol. The fourth-order valence-corrected chi connectivity index (χ4v) is 3.47. The van der Waals surface area contributed by atoms with Crippen LogP contribution in [0.3, 0.4) is 0 Å². The zero-order valence-corrected chi connectivity index (χ0v) is 19.2. The van der Waals surface area contributed by atoms with Crippen LogP contribution in [0, 0.1) is 17.6 Å². The van der Waals surface area contributed by atoms with Gasteiger partial charge in [0, 0.05) is 37.9 Å². The van der Waals surface area contributed by atoms with Crippen LogP contribution in [0.1, 0.15) is 31.9 Å². The maximum Gasteiger partial charge on any atom is 0.191 e. The molecule has 0 amide bonds. The minimum absolute atomic E-state index is 0. The van der Waals surface area contributed by atoms with E-state index in [1.807, 2.05) is 25.1 Å². The van der Waals surface area contributed by atoms with Crippen LogP contribution in [0.2, 0.25) is 0 Å². The van der Waals surface area contributed by atoms with Crippen molar-refractivity contribution in [2.45, 2.75) is 26.3 Å². The third-order valence-electron chi connectivity index (χ3n) is 5.06. The van der Waals surface area contributed by atoms with Crippen LogP contribution in [0.5, 0.6) is 0 Å². The number of rotatable bonds is 6. The molecule has 3 rings (SSSR count). The first-order chi connectivity index (χ1) is 13.6. The predicted octanol–water partition coefficient (Wildman–Crippen LogP) is 4.73. The summed E-state index contributed by atoms with van der Waals surface area (Å²) in [5.41, 5.74) is 1.94. The zero-order valence-electron chi connectivity index (χ0n) is 16.9. The molecule has 1 aliphatic heterocycles. The smallest absolute Gasteiger partial charge is 0.191 e. The molecule has 0 aromatic heterocycles. The van der Waals surface area contributed by atoms with Crippen molar-refractivity contribution in [1.29, 1.82) is 0 Å². The molecule has 1 saturated heterocycles. The molecule has 0 bridgehead atoms.